The van der Waals surface area contributed by atoms with E-state index in [0.717, 1.165) is 16.7 Å². The molecule has 23 heavy (non-hydrogen) atoms. The molecule has 2 aromatic rings. The first-order valence-electron chi connectivity index (χ1n) is 7.82. The van der Waals surface area contributed by atoms with Crippen molar-refractivity contribution in [1.29, 1.82) is 0 Å². The van der Waals surface area contributed by atoms with Crippen LogP contribution in [-0.2, 0) is 24.0 Å². The van der Waals surface area contributed by atoms with Crippen LogP contribution in [0.15, 0.2) is 54.6 Å². The SMILES string of the molecule is CC(C)(C)S(=O)N[C@@H](Cc1ccccc1CO)c1ccccc1. The van der Waals surface area contributed by atoms with E-state index in [4.69, 9.17) is 0 Å². The summed E-state index contributed by atoms with van der Waals surface area (Å²) < 4.78 is 15.5. The smallest absolute Gasteiger partial charge is 0.0976 e. The van der Waals surface area contributed by atoms with Gasteiger partial charge in [0.05, 0.1) is 22.3 Å². The van der Waals surface area contributed by atoms with Gasteiger partial charge >= 0.3 is 0 Å². The van der Waals surface area contributed by atoms with Gasteiger partial charge in [-0.1, -0.05) is 54.6 Å². The third kappa shape index (κ3) is 4.99. The summed E-state index contributed by atoms with van der Waals surface area (Å²) in [4.78, 5) is 0. The quantitative estimate of drug-likeness (QED) is 0.851. The maximum atomic E-state index is 12.5. The molecule has 3 nitrogen and oxygen atoms in total. The normalized spacial score (nSPS) is 14.4. The Morgan fingerprint density at radius 1 is 1.00 bits per heavy atom. The average Bonchev–Trinajstić information content (AvgIpc) is 2.54. The zero-order chi connectivity index (χ0) is 16.9. The Kier molecular flexibility index (Phi) is 6.10. The number of hydrogen-bond acceptors (Lipinski definition) is 2. The topological polar surface area (TPSA) is 49.3 Å². The minimum atomic E-state index is -1.16. The van der Waals surface area contributed by atoms with Crippen LogP contribution in [-0.4, -0.2) is 14.1 Å². The van der Waals surface area contributed by atoms with Crippen LogP contribution in [0.4, 0.5) is 0 Å². The first kappa shape index (κ1) is 17.9. The molecule has 0 amide bonds. The van der Waals surface area contributed by atoms with Crippen LogP contribution in [0.3, 0.4) is 0 Å². The molecule has 4 heteroatoms. The van der Waals surface area contributed by atoms with Crippen molar-refractivity contribution in [2.45, 2.75) is 44.6 Å². The molecule has 0 aliphatic heterocycles. The lowest BCUT2D eigenvalue weighted by atomic mass is 9.96. The van der Waals surface area contributed by atoms with Crippen molar-refractivity contribution in [3.8, 4) is 0 Å². The molecule has 0 radical (unpaired) electrons. The highest BCUT2D eigenvalue weighted by Gasteiger charge is 2.24. The van der Waals surface area contributed by atoms with E-state index in [1.807, 2.05) is 75.4 Å². The molecule has 2 N–H and O–H groups in total. The maximum Gasteiger partial charge on any atom is 0.0976 e. The summed E-state index contributed by atoms with van der Waals surface area (Å²) in [7, 11) is -1.16. The second kappa shape index (κ2) is 7.86. The molecule has 1 unspecified atom stereocenters. The molecule has 0 aliphatic carbocycles. The molecule has 0 aromatic heterocycles. The van der Waals surface area contributed by atoms with E-state index >= 15 is 0 Å². The summed E-state index contributed by atoms with van der Waals surface area (Å²) >= 11 is 0. The Balaban J connectivity index is 2.29. The van der Waals surface area contributed by atoms with E-state index in [1.165, 1.54) is 0 Å². The highest BCUT2D eigenvalue weighted by molar-refractivity contribution is 7.84. The monoisotopic (exact) mass is 331 g/mol. The van der Waals surface area contributed by atoms with Crippen LogP contribution in [0, 0.1) is 0 Å². The zero-order valence-electron chi connectivity index (χ0n) is 14.0. The van der Waals surface area contributed by atoms with Gasteiger partial charge in [0.1, 0.15) is 0 Å². The number of benzene rings is 2. The van der Waals surface area contributed by atoms with Gasteiger partial charge in [-0.3, -0.25) is 0 Å². The predicted molar refractivity (Wildman–Crippen MR) is 96.3 cm³/mol. The van der Waals surface area contributed by atoms with Crippen LogP contribution in [0.2, 0.25) is 0 Å². The fourth-order valence-corrected chi connectivity index (χ4v) is 3.18. The molecule has 0 heterocycles. The Hall–Kier alpha value is -1.49. The van der Waals surface area contributed by atoms with E-state index in [1.54, 1.807) is 0 Å². The van der Waals surface area contributed by atoms with Crippen molar-refractivity contribution in [2.24, 2.45) is 0 Å². The Labute approximate surface area is 141 Å². The van der Waals surface area contributed by atoms with E-state index in [2.05, 4.69) is 4.72 Å². The summed E-state index contributed by atoms with van der Waals surface area (Å²) in [5.74, 6) is 0. The molecule has 2 aromatic carbocycles. The fourth-order valence-electron chi connectivity index (χ4n) is 2.35. The first-order chi connectivity index (χ1) is 10.9. The van der Waals surface area contributed by atoms with Crippen molar-refractivity contribution >= 4 is 11.0 Å². The number of nitrogens with one attached hydrogen (secondary N) is 1. The molecule has 2 atom stereocenters. The molecule has 2 rings (SSSR count). The molecule has 0 aliphatic rings. The second-order valence-corrected chi connectivity index (χ2v) is 8.59. The number of aliphatic hydroxyl groups excluding tert-OH is 1. The van der Waals surface area contributed by atoms with Gasteiger partial charge in [-0.2, -0.15) is 0 Å². The molecule has 124 valence electrons. The average molecular weight is 331 g/mol. The maximum absolute atomic E-state index is 12.5. The van der Waals surface area contributed by atoms with Crippen molar-refractivity contribution in [2.75, 3.05) is 0 Å². The van der Waals surface area contributed by atoms with Crippen molar-refractivity contribution in [1.82, 2.24) is 4.72 Å². The number of rotatable bonds is 6. The predicted octanol–water partition coefficient (Wildman–Crippen LogP) is 3.51. The van der Waals surface area contributed by atoms with E-state index < -0.39 is 11.0 Å². The minimum absolute atomic E-state index is 0.0139. The molecule has 0 bridgehead atoms. The van der Waals surface area contributed by atoms with Gasteiger partial charge in [0.15, 0.2) is 0 Å². The van der Waals surface area contributed by atoms with Gasteiger partial charge in [0.25, 0.3) is 0 Å². The van der Waals surface area contributed by atoms with Crippen molar-refractivity contribution in [3.63, 3.8) is 0 Å². The van der Waals surface area contributed by atoms with Gasteiger partial charge in [-0.25, -0.2) is 8.93 Å². The lowest BCUT2D eigenvalue weighted by Gasteiger charge is -2.25. The highest BCUT2D eigenvalue weighted by atomic mass is 32.2. The molecule has 0 saturated heterocycles. The summed E-state index contributed by atoms with van der Waals surface area (Å²) in [6.07, 6.45) is 0.683. The number of hydrogen-bond donors (Lipinski definition) is 2. The Morgan fingerprint density at radius 2 is 1.57 bits per heavy atom. The van der Waals surface area contributed by atoms with Gasteiger partial charge < -0.3 is 5.11 Å². The van der Waals surface area contributed by atoms with Crippen LogP contribution >= 0.6 is 0 Å². The fraction of sp³-hybridized carbons (Fsp3) is 0.368. The molecule has 0 saturated carbocycles. The van der Waals surface area contributed by atoms with E-state index in [-0.39, 0.29) is 17.4 Å². The lowest BCUT2D eigenvalue weighted by Crippen LogP contribution is -2.36. The van der Waals surface area contributed by atoms with Gasteiger partial charge in [0, 0.05) is 6.04 Å². The Bertz CT molecular complexity index is 650. The third-order valence-electron chi connectivity index (χ3n) is 3.72. The van der Waals surface area contributed by atoms with Gasteiger partial charge in [-0.15, -0.1) is 0 Å². The summed E-state index contributed by atoms with van der Waals surface area (Å²) in [6.45, 7) is 5.89. The van der Waals surface area contributed by atoms with Gasteiger partial charge in [-0.05, 0) is 43.9 Å². The number of aliphatic hydroxyl groups is 1. The summed E-state index contributed by atoms with van der Waals surface area (Å²) in [6, 6.07) is 17.8. The van der Waals surface area contributed by atoms with Crippen molar-refractivity contribution in [3.05, 3.63) is 71.3 Å². The molecular formula is C19H25NO2S. The second-order valence-electron chi connectivity index (χ2n) is 6.59. The van der Waals surface area contributed by atoms with Crippen LogP contribution < -0.4 is 4.72 Å². The first-order valence-corrected chi connectivity index (χ1v) is 8.97. The van der Waals surface area contributed by atoms with Crippen LogP contribution in [0.5, 0.6) is 0 Å². The third-order valence-corrected chi connectivity index (χ3v) is 5.33. The van der Waals surface area contributed by atoms with Gasteiger partial charge in [0.2, 0.25) is 0 Å². The Morgan fingerprint density at radius 3 is 2.13 bits per heavy atom. The van der Waals surface area contributed by atoms with E-state index in [9.17, 15) is 9.32 Å². The van der Waals surface area contributed by atoms with E-state index in [0.29, 0.717) is 6.42 Å². The summed E-state index contributed by atoms with van der Waals surface area (Å²) in [5.41, 5.74) is 3.08. The standard InChI is InChI=1S/C19H25NO2S/c1-19(2,3)23(22)20-18(15-9-5-4-6-10-15)13-16-11-7-8-12-17(16)14-21/h4-12,18,20-21H,13-14H2,1-3H3/t18-,23?/m0/s1. The molecule has 0 spiro atoms. The summed E-state index contributed by atoms with van der Waals surface area (Å²) in [5, 5.41) is 9.53. The molecule has 0 fully saturated rings. The minimum Gasteiger partial charge on any atom is -0.392 e. The lowest BCUT2D eigenvalue weighted by molar-refractivity contribution is 0.280. The van der Waals surface area contributed by atoms with Crippen LogP contribution in [0.1, 0.15) is 43.5 Å². The zero-order valence-corrected chi connectivity index (χ0v) is 14.8. The van der Waals surface area contributed by atoms with Crippen LogP contribution in [0.25, 0.3) is 0 Å². The van der Waals surface area contributed by atoms with Crippen molar-refractivity contribution < 1.29 is 9.32 Å². The highest BCUT2D eigenvalue weighted by Crippen LogP contribution is 2.23. The largest absolute Gasteiger partial charge is 0.392 e. The molecular weight excluding hydrogens is 306 g/mol.